The monoisotopic (exact) mass is 553 g/mol. The van der Waals surface area contributed by atoms with Crippen LogP contribution in [0.25, 0.3) is 10.8 Å². The number of methoxy groups -OCH3 is 1. The number of carbonyl (C=O) groups excluding carboxylic acids is 2. The van der Waals surface area contributed by atoms with E-state index in [4.69, 9.17) is 20.9 Å². The van der Waals surface area contributed by atoms with Gasteiger partial charge in [-0.2, -0.15) is 9.30 Å². The van der Waals surface area contributed by atoms with Gasteiger partial charge in [-0.1, -0.05) is 12.1 Å². The number of nitrogens with one attached hydrogen (secondary N) is 1. The van der Waals surface area contributed by atoms with Crippen LogP contribution in [0.5, 0.6) is 5.75 Å². The first-order valence-electron chi connectivity index (χ1n) is 12.3. The Balaban J connectivity index is 1.73. The van der Waals surface area contributed by atoms with Crippen molar-refractivity contribution in [3.63, 3.8) is 0 Å². The topological polar surface area (TPSA) is 166 Å². The predicted molar refractivity (Wildman–Crippen MR) is 148 cm³/mol. The van der Waals surface area contributed by atoms with Crippen LogP contribution in [0.3, 0.4) is 0 Å². The summed E-state index contributed by atoms with van der Waals surface area (Å²) >= 11 is 0. The molecule has 206 valence electrons. The van der Waals surface area contributed by atoms with Crippen LogP contribution in [0.15, 0.2) is 64.5 Å². The number of likely N-dealkylation sites (N-methyl/N-ethyl adjacent to an activating group) is 1. The third-order valence-corrected chi connectivity index (χ3v) is 8.85. The molecule has 0 spiro atoms. The number of ether oxygens (including phenoxy) is 2. The number of rotatable bonds is 8. The van der Waals surface area contributed by atoms with Crippen molar-refractivity contribution in [2.45, 2.75) is 30.2 Å². The normalized spacial score (nSPS) is 17.8. The van der Waals surface area contributed by atoms with E-state index in [1.165, 1.54) is 20.2 Å². The molecule has 12 heteroatoms. The average molecular weight is 554 g/mol. The lowest BCUT2D eigenvalue weighted by atomic mass is 9.88. The molecule has 0 saturated carbocycles. The Morgan fingerprint density at radius 3 is 2.54 bits per heavy atom. The van der Waals surface area contributed by atoms with Crippen LogP contribution in [0.1, 0.15) is 24.5 Å². The van der Waals surface area contributed by atoms with Gasteiger partial charge in [-0.15, -0.1) is 0 Å². The smallest absolute Gasteiger partial charge is 0.435 e. The number of nitrogens with two attached hydrogens (primary N) is 2. The van der Waals surface area contributed by atoms with Crippen molar-refractivity contribution < 1.29 is 27.5 Å². The van der Waals surface area contributed by atoms with Crippen molar-refractivity contribution in [3.8, 4) is 5.75 Å². The first kappa shape index (κ1) is 27.9. The summed E-state index contributed by atoms with van der Waals surface area (Å²) in [6.45, 7) is 2.09. The van der Waals surface area contributed by atoms with Gasteiger partial charge < -0.3 is 26.3 Å². The lowest BCUT2D eigenvalue weighted by Crippen LogP contribution is -2.55. The first-order valence-corrected chi connectivity index (χ1v) is 13.7. The number of nitrogen functional groups attached to an aromatic ring is 1. The fraction of sp³-hybridized carbons (Fsp3) is 0.296. The van der Waals surface area contributed by atoms with Crippen LogP contribution in [0.4, 0.5) is 10.5 Å². The van der Waals surface area contributed by atoms with Gasteiger partial charge in [0.2, 0.25) is 15.9 Å². The summed E-state index contributed by atoms with van der Waals surface area (Å²) in [5.74, 6) is 0.0689. The van der Waals surface area contributed by atoms with E-state index in [-0.39, 0.29) is 30.2 Å². The Bertz CT molecular complexity index is 1570. The molecule has 0 aromatic heterocycles. The molecular formula is C27H31N5O6S. The number of amides is 2. The third-order valence-electron chi connectivity index (χ3n) is 6.93. The van der Waals surface area contributed by atoms with E-state index in [0.717, 1.165) is 9.69 Å². The summed E-state index contributed by atoms with van der Waals surface area (Å²) in [5.41, 5.74) is 12.0. The second-order valence-corrected chi connectivity index (χ2v) is 11.1. The summed E-state index contributed by atoms with van der Waals surface area (Å²) in [4.78, 5) is 28.8. The molecule has 3 aromatic rings. The number of amidine groups is 1. The number of benzene rings is 3. The van der Waals surface area contributed by atoms with E-state index in [9.17, 15) is 18.0 Å². The van der Waals surface area contributed by atoms with Crippen molar-refractivity contribution in [2.75, 3.05) is 33.0 Å². The van der Waals surface area contributed by atoms with Crippen LogP contribution in [-0.2, 0) is 26.0 Å². The SMILES string of the molecule is CCOC(=O)N=C(N)c1ccc(N)c(CC2(N(C)S(=O)(=O)c3ccc4ccc(OC)cc4c3)CCNC2=O)c1. The Morgan fingerprint density at radius 1 is 1.13 bits per heavy atom. The zero-order chi connectivity index (χ0) is 28.4. The van der Waals surface area contributed by atoms with Crippen molar-refractivity contribution in [3.05, 3.63) is 65.7 Å². The van der Waals surface area contributed by atoms with Gasteiger partial charge in [0.05, 0.1) is 18.6 Å². The lowest BCUT2D eigenvalue weighted by molar-refractivity contribution is -0.126. The molecule has 1 heterocycles. The van der Waals surface area contributed by atoms with Gasteiger partial charge in [0, 0.05) is 31.3 Å². The molecule has 1 atom stereocenters. The van der Waals surface area contributed by atoms with Crippen molar-refractivity contribution >= 4 is 44.3 Å². The number of nitrogens with zero attached hydrogens (tertiary/aromatic N) is 2. The van der Waals surface area contributed by atoms with Crippen LogP contribution in [0.2, 0.25) is 0 Å². The summed E-state index contributed by atoms with van der Waals surface area (Å²) in [6, 6.07) is 14.9. The molecule has 1 aliphatic heterocycles. The third kappa shape index (κ3) is 5.38. The molecule has 1 fully saturated rings. The van der Waals surface area contributed by atoms with E-state index in [1.807, 2.05) is 6.07 Å². The van der Waals surface area contributed by atoms with E-state index < -0.39 is 27.6 Å². The number of sulfonamides is 1. The molecule has 39 heavy (non-hydrogen) atoms. The highest BCUT2D eigenvalue weighted by Gasteiger charge is 2.51. The first-order chi connectivity index (χ1) is 18.5. The standard InChI is InChI=1S/C27H31N5O6S/c1-4-38-26(34)31-24(29)18-7-10-23(28)20(13-18)16-27(11-12-30-25(27)33)32(2)39(35,36)22-9-6-17-5-8-21(37-3)14-19(17)15-22/h5-10,13-15H,4,11-12,16,28H2,1-3H3,(H,30,33)(H2,29,31,34). The second kappa shape index (κ2) is 10.9. The molecule has 1 unspecified atom stereocenters. The molecule has 4 rings (SSSR count). The van der Waals surface area contributed by atoms with Crippen LogP contribution in [0, 0.1) is 0 Å². The van der Waals surface area contributed by atoms with E-state index in [2.05, 4.69) is 10.3 Å². The van der Waals surface area contributed by atoms with Crippen LogP contribution in [-0.4, -0.2) is 63.4 Å². The quantitative estimate of drug-likeness (QED) is 0.217. The summed E-state index contributed by atoms with van der Waals surface area (Å²) in [5, 5.41) is 4.29. The Labute approximate surface area is 226 Å². The van der Waals surface area contributed by atoms with Gasteiger partial charge in [-0.25, -0.2) is 13.2 Å². The largest absolute Gasteiger partial charge is 0.497 e. The molecule has 0 aliphatic carbocycles. The van der Waals surface area contributed by atoms with E-state index in [0.29, 0.717) is 34.5 Å². The van der Waals surface area contributed by atoms with Crippen LogP contribution < -0.4 is 21.5 Å². The van der Waals surface area contributed by atoms with Crippen molar-refractivity contribution in [1.29, 1.82) is 0 Å². The summed E-state index contributed by atoms with van der Waals surface area (Å²) in [6.07, 6.45) is -0.639. The maximum Gasteiger partial charge on any atom is 0.435 e. The van der Waals surface area contributed by atoms with E-state index in [1.54, 1.807) is 49.4 Å². The Kier molecular flexibility index (Phi) is 7.79. The number of anilines is 1. The molecule has 1 saturated heterocycles. The molecule has 0 radical (unpaired) electrons. The van der Waals surface area contributed by atoms with Gasteiger partial charge in [-0.3, -0.25) is 4.79 Å². The van der Waals surface area contributed by atoms with Crippen LogP contribution >= 0.6 is 0 Å². The maximum absolute atomic E-state index is 13.9. The molecule has 11 nitrogen and oxygen atoms in total. The molecular weight excluding hydrogens is 522 g/mol. The molecule has 5 N–H and O–H groups in total. The highest BCUT2D eigenvalue weighted by atomic mass is 32.2. The number of fused-ring (bicyclic) bond motifs is 1. The number of carbonyl (C=O) groups is 2. The lowest BCUT2D eigenvalue weighted by Gasteiger charge is -2.36. The zero-order valence-electron chi connectivity index (χ0n) is 21.9. The minimum atomic E-state index is -4.13. The highest BCUT2D eigenvalue weighted by molar-refractivity contribution is 7.89. The number of aliphatic imine (C=N–C) groups is 1. The minimum Gasteiger partial charge on any atom is -0.497 e. The van der Waals surface area contributed by atoms with Gasteiger partial charge in [0.15, 0.2) is 0 Å². The zero-order valence-corrected chi connectivity index (χ0v) is 22.7. The van der Waals surface area contributed by atoms with Gasteiger partial charge in [-0.05, 0) is 72.1 Å². The van der Waals surface area contributed by atoms with E-state index >= 15 is 0 Å². The summed E-state index contributed by atoms with van der Waals surface area (Å²) < 4.78 is 39.0. The summed E-state index contributed by atoms with van der Waals surface area (Å²) in [7, 11) is -1.19. The fourth-order valence-electron chi connectivity index (χ4n) is 4.67. The number of hydrogen-bond donors (Lipinski definition) is 3. The number of hydrogen-bond acceptors (Lipinski definition) is 7. The fourth-order valence-corrected chi connectivity index (χ4v) is 6.20. The Hall–Kier alpha value is -4.16. The molecule has 1 aliphatic rings. The Morgan fingerprint density at radius 2 is 1.87 bits per heavy atom. The van der Waals surface area contributed by atoms with Gasteiger partial charge in [0.25, 0.3) is 0 Å². The molecule has 0 bridgehead atoms. The van der Waals surface area contributed by atoms with Gasteiger partial charge >= 0.3 is 6.09 Å². The molecule has 2 amide bonds. The molecule has 3 aromatic carbocycles. The van der Waals surface area contributed by atoms with Gasteiger partial charge in [0.1, 0.15) is 17.1 Å². The second-order valence-electron chi connectivity index (χ2n) is 9.17. The highest BCUT2D eigenvalue weighted by Crippen LogP contribution is 2.35. The van der Waals surface area contributed by atoms with Crippen molar-refractivity contribution in [2.24, 2.45) is 10.7 Å². The maximum atomic E-state index is 13.9. The van der Waals surface area contributed by atoms with Crippen molar-refractivity contribution in [1.82, 2.24) is 9.62 Å². The average Bonchev–Trinajstić information content (AvgIpc) is 3.29. The predicted octanol–water partition coefficient (Wildman–Crippen LogP) is 2.41. The minimum absolute atomic E-state index is 0.0255.